The number of carboxylic acids is 1. The molecule has 2 N–H and O–H groups in total. The molecule has 0 fully saturated rings. The van der Waals surface area contributed by atoms with Crippen molar-refractivity contribution in [2.75, 3.05) is 14.2 Å². The Hall–Kier alpha value is -3.16. The molecule has 0 spiro atoms. The van der Waals surface area contributed by atoms with Crippen LogP contribution in [0.5, 0.6) is 11.5 Å². The topological polar surface area (TPSA) is 114 Å². The van der Waals surface area contributed by atoms with Crippen LogP contribution >= 0.6 is 0 Å². The second kappa shape index (κ2) is 5.80. The standard InChI is InChI=1S/C16H15N3O5/c1-4-7-8-5-10(23-2)11(24-3)6-9(8)17-13-12(7)15(20)19-14(18-13)16(21)22/h5-6H,4H2,1-3H3,(H,21,22)(H,17,18,19,20). The van der Waals surface area contributed by atoms with Crippen LogP contribution in [0, 0.1) is 0 Å². The number of fused-ring (bicyclic) bond motifs is 2. The highest BCUT2D eigenvalue weighted by Crippen LogP contribution is 2.34. The summed E-state index contributed by atoms with van der Waals surface area (Å²) >= 11 is 0. The molecule has 1 aromatic carbocycles. The molecule has 8 heteroatoms. The van der Waals surface area contributed by atoms with Crippen LogP contribution in [0.3, 0.4) is 0 Å². The van der Waals surface area contributed by atoms with Gasteiger partial charge in [0.2, 0.25) is 5.82 Å². The number of nitrogens with one attached hydrogen (secondary N) is 1. The van der Waals surface area contributed by atoms with Crippen LogP contribution in [0.2, 0.25) is 0 Å². The number of carbonyl (C=O) groups is 1. The molecule has 2 aromatic heterocycles. The zero-order chi connectivity index (χ0) is 17.4. The smallest absolute Gasteiger partial charge is 0.372 e. The summed E-state index contributed by atoms with van der Waals surface area (Å²) in [7, 11) is 3.04. The van der Waals surface area contributed by atoms with Crippen molar-refractivity contribution in [2.24, 2.45) is 0 Å². The van der Waals surface area contributed by atoms with Crippen LogP contribution in [-0.4, -0.2) is 40.2 Å². The summed E-state index contributed by atoms with van der Waals surface area (Å²) in [6.45, 7) is 1.90. The van der Waals surface area contributed by atoms with E-state index in [4.69, 9.17) is 14.6 Å². The van der Waals surface area contributed by atoms with Crippen molar-refractivity contribution in [1.29, 1.82) is 0 Å². The van der Waals surface area contributed by atoms with E-state index in [2.05, 4.69) is 15.0 Å². The highest BCUT2D eigenvalue weighted by molar-refractivity contribution is 5.98. The van der Waals surface area contributed by atoms with Gasteiger partial charge in [-0.05, 0) is 18.1 Å². The maximum Gasteiger partial charge on any atom is 0.372 e. The van der Waals surface area contributed by atoms with Gasteiger partial charge in [0.1, 0.15) is 0 Å². The first kappa shape index (κ1) is 15.7. The van der Waals surface area contributed by atoms with Gasteiger partial charge in [-0.25, -0.2) is 14.8 Å². The van der Waals surface area contributed by atoms with Gasteiger partial charge in [0, 0.05) is 11.5 Å². The van der Waals surface area contributed by atoms with E-state index in [1.165, 1.54) is 14.2 Å². The summed E-state index contributed by atoms with van der Waals surface area (Å²) < 4.78 is 10.6. The van der Waals surface area contributed by atoms with Gasteiger partial charge in [0.05, 0.1) is 25.1 Å². The molecule has 0 radical (unpaired) electrons. The third-order valence-corrected chi connectivity index (χ3v) is 3.81. The number of aryl methyl sites for hydroxylation is 1. The Labute approximate surface area is 136 Å². The molecule has 3 rings (SSSR count). The van der Waals surface area contributed by atoms with E-state index in [-0.39, 0.29) is 11.0 Å². The lowest BCUT2D eigenvalue weighted by atomic mass is 10.0. The van der Waals surface area contributed by atoms with E-state index in [1.54, 1.807) is 12.1 Å². The molecule has 0 bridgehead atoms. The minimum absolute atomic E-state index is 0.0905. The first-order chi connectivity index (χ1) is 11.5. The summed E-state index contributed by atoms with van der Waals surface area (Å²) in [5, 5.41) is 10.1. The van der Waals surface area contributed by atoms with Crippen molar-refractivity contribution in [1.82, 2.24) is 15.0 Å². The lowest BCUT2D eigenvalue weighted by molar-refractivity contribution is 0.0683. The number of hydrogen-bond acceptors (Lipinski definition) is 6. The van der Waals surface area contributed by atoms with Crippen molar-refractivity contribution in [3.8, 4) is 11.5 Å². The second-order valence-electron chi connectivity index (χ2n) is 5.09. The number of carboxylic acid groups (broad SMARTS) is 1. The molecule has 0 saturated carbocycles. The van der Waals surface area contributed by atoms with Crippen LogP contribution in [0.1, 0.15) is 23.1 Å². The van der Waals surface area contributed by atoms with Crippen LogP contribution in [0.15, 0.2) is 16.9 Å². The van der Waals surface area contributed by atoms with Crippen molar-refractivity contribution in [3.05, 3.63) is 33.9 Å². The number of ether oxygens (including phenoxy) is 2. The van der Waals surface area contributed by atoms with Gasteiger partial charge in [-0.1, -0.05) is 6.92 Å². The molecule has 8 nitrogen and oxygen atoms in total. The zero-order valence-electron chi connectivity index (χ0n) is 13.3. The average molecular weight is 329 g/mol. The number of aromatic carboxylic acids is 1. The molecule has 3 aromatic rings. The largest absolute Gasteiger partial charge is 0.493 e. The Bertz CT molecular complexity index is 1030. The molecule has 0 unspecified atom stereocenters. The molecule has 24 heavy (non-hydrogen) atoms. The minimum Gasteiger partial charge on any atom is -0.493 e. The summed E-state index contributed by atoms with van der Waals surface area (Å²) in [5.74, 6) is -0.752. The van der Waals surface area contributed by atoms with Gasteiger partial charge >= 0.3 is 5.97 Å². The van der Waals surface area contributed by atoms with E-state index in [1.807, 2.05) is 6.92 Å². The van der Waals surface area contributed by atoms with Crippen molar-refractivity contribution in [3.63, 3.8) is 0 Å². The molecule has 124 valence electrons. The lowest BCUT2D eigenvalue weighted by Crippen LogP contribution is -2.17. The molecule has 0 saturated heterocycles. The Balaban J connectivity index is 2.50. The molecule has 2 heterocycles. The fourth-order valence-corrected chi connectivity index (χ4v) is 2.73. The van der Waals surface area contributed by atoms with E-state index < -0.39 is 17.4 Å². The van der Waals surface area contributed by atoms with Gasteiger partial charge in [-0.2, -0.15) is 0 Å². The number of nitrogens with zero attached hydrogens (tertiary/aromatic N) is 2. The van der Waals surface area contributed by atoms with Gasteiger partial charge in [-0.15, -0.1) is 0 Å². The van der Waals surface area contributed by atoms with E-state index >= 15 is 0 Å². The third kappa shape index (κ3) is 2.32. The normalized spacial score (nSPS) is 11.0. The van der Waals surface area contributed by atoms with Crippen LogP contribution < -0.4 is 15.0 Å². The first-order valence-electron chi connectivity index (χ1n) is 7.22. The predicted molar refractivity (Wildman–Crippen MR) is 87.1 cm³/mol. The molecule has 0 aliphatic carbocycles. The van der Waals surface area contributed by atoms with Crippen LogP contribution in [0.25, 0.3) is 21.9 Å². The molecular formula is C16H15N3O5. The summed E-state index contributed by atoms with van der Waals surface area (Å²) in [4.78, 5) is 34.0. The average Bonchev–Trinajstić information content (AvgIpc) is 2.58. The number of aromatic amines is 1. The summed E-state index contributed by atoms with van der Waals surface area (Å²) in [6, 6.07) is 3.43. The highest BCUT2D eigenvalue weighted by Gasteiger charge is 2.18. The number of aromatic nitrogens is 3. The van der Waals surface area contributed by atoms with Gasteiger partial charge in [-0.3, -0.25) is 4.79 Å². The second-order valence-corrected chi connectivity index (χ2v) is 5.09. The third-order valence-electron chi connectivity index (χ3n) is 3.81. The van der Waals surface area contributed by atoms with Crippen molar-refractivity contribution >= 4 is 27.9 Å². The number of H-pyrrole nitrogens is 1. The van der Waals surface area contributed by atoms with Gasteiger partial charge < -0.3 is 19.6 Å². The van der Waals surface area contributed by atoms with E-state index in [0.717, 1.165) is 10.9 Å². The van der Waals surface area contributed by atoms with E-state index in [0.29, 0.717) is 23.4 Å². The SMILES string of the molecule is CCc1c2cc(OC)c(OC)cc2nc2nc(C(=O)O)[nH]c(=O)c12. The minimum atomic E-state index is -1.32. The van der Waals surface area contributed by atoms with E-state index in [9.17, 15) is 9.59 Å². The monoisotopic (exact) mass is 329 g/mol. The number of benzene rings is 1. The van der Waals surface area contributed by atoms with Gasteiger partial charge in [0.25, 0.3) is 5.56 Å². The quantitative estimate of drug-likeness (QED) is 0.701. The highest BCUT2D eigenvalue weighted by atomic mass is 16.5. The maximum atomic E-state index is 12.4. The molecule has 0 aliphatic heterocycles. The fraction of sp³-hybridized carbons (Fsp3) is 0.250. The Kier molecular flexibility index (Phi) is 3.80. The van der Waals surface area contributed by atoms with Crippen molar-refractivity contribution < 1.29 is 19.4 Å². The maximum absolute atomic E-state index is 12.4. The van der Waals surface area contributed by atoms with Crippen LogP contribution in [-0.2, 0) is 6.42 Å². The summed E-state index contributed by atoms with van der Waals surface area (Å²) in [5.41, 5.74) is 0.833. The zero-order valence-corrected chi connectivity index (χ0v) is 13.3. The fourth-order valence-electron chi connectivity index (χ4n) is 2.73. The summed E-state index contributed by atoms with van der Waals surface area (Å²) in [6.07, 6.45) is 0.544. The number of rotatable bonds is 4. The Morgan fingerprint density at radius 1 is 1.21 bits per heavy atom. The molecular weight excluding hydrogens is 314 g/mol. The number of pyridine rings is 1. The number of methoxy groups -OCH3 is 2. The molecule has 0 atom stereocenters. The van der Waals surface area contributed by atoms with Crippen molar-refractivity contribution in [2.45, 2.75) is 13.3 Å². The van der Waals surface area contributed by atoms with Gasteiger partial charge in [0.15, 0.2) is 17.1 Å². The first-order valence-corrected chi connectivity index (χ1v) is 7.22. The lowest BCUT2D eigenvalue weighted by Gasteiger charge is -2.12. The number of hydrogen-bond donors (Lipinski definition) is 2. The van der Waals surface area contributed by atoms with Crippen LogP contribution in [0.4, 0.5) is 0 Å². The Morgan fingerprint density at radius 3 is 2.46 bits per heavy atom. The molecule has 0 aliphatic rings. The predicted octanol–water partition coefficient (Wildman–Crippen LogP) is 1.75. The molecule has 0 amide bonds. The Morgan fingerprint density at radius 2 is 1.88 bits per heavy atom.